The summed E-state index contributed by atoms with van der Waals surface area (Å²) in [6, 6.07) is 0.734. The Balaban J connectivity index is 1.50. The average Bonchev–Trinajstić information content (AvgIpc) is 3.33. The van der Waals surface area contributed by atoms with Crippen LogP contribution in [0.1, 0.15) is 33.6 Å². The van der Waals surface area contributed by atoms with E-state index in [0.29, 0.717) is 12.0 Å². The van der Waals surface area contributed by atoms with Crippen LogP contribution < -0.4 is 5.32 Å². The predicted octanol–water partition coefficient (Wildman–Crippen LogP) is 1.12. The van der Waals surface area contributed by atoms with E-state index in [1.165, 1.54) is 34.8 Å². The number of nitrogens with zero attached hydrogens (tertiary/aromatic N) is 1. The summed E-state index contributed by atoms with van der Waals surface area (Å²) in [5.41, 5.74) is 1.29. The molecule has 1 N–H and O–H groups in total. The second-order valence-electron chi connectivity index (χ2n) is 6.48. The van der Waals surface area contributed by atoms with Gasteiger partial charge in [0.2, 0.25) is 11.8 Å². The van der Waals surface area contributed by atoms with E-state index in [0.717, 1.165) is 10.4 Å². The minimum Gasteiger partial charge on any atom is -0.471 e. The van der Waals surface area contributed by atoms with Crippen molar-refractivity contribution in [2.75, 3.05) is 5.75 Å². The van der Waals surface area contributed by atoms with E-state index < -0.39 is 21.8 Å². The Morgan fingerprint density at radius 2 is 2.11 bits per heavy atom. The second kappa shape index (κ2) is 6.61. The highest BCUT2D eigenvalue weighted by Gasteiger charge is 2.40. The van der Waals surface area contributed by atoms with Crippen LogP contribution in [0.25, 0.3) is 0 Å². The molecule has 0 aromatic carbocycles. The monoisotopic (exact) mass is 408 g/mol. The van der Waals surface area contributed by atoms with Crippen LogP contribution in [-0.4, -0.2) is 42.8 Å². The lowest BCUT2D eigenvalue weighted by molar-refractivity contribution is -0.136. The molecule has 8 nitrogen and oxygen atoms in total. The summed E-state index contributed by atoms with van der Waals surface area (Å²) in [4.78, 5) is 38.5. The molecule has 1 fully saturated rings. The number of amides is 3. The summed E-state index contributed by atoms with van der Waals surface area (Å²) in [6.45, 7) is 0.255. The SMILES string of the molecule is O=C1CCC(N2Cc3c(csc3CCS(=O)(=O)c3ccoc3)C2=O)C(=O)N1. The number of nitrogens with one attached hydrogen (secondary N) is 1. The summed E-state index contributed by atoms with van der Waals surface area (Å²) >= 11 is 1.35. The van der Waals surface area contributed by atoms with Gasteiger partial charge >= 0.3 is 0 Å². The molecule has 27 heavy (non-hydrogen) atoms. The quantitative estimate of drug-likeness (QED) is 0.742. The standard InChI is InChI=1S/C17H16N2O6S2/c20-15-2-1-13(16(21)18-15)19-7-11-12(17(19)22)9-26-14(11)4-6-27(23,24)10-3-5-25-8-10/h3,5,8-9,13H,1-2,4,6-7H2,(H,18,20,21). The summed E-state index contributed by atoms with van der Waals surface area (Å²) in [7, 11) is -3.46. The third-order valence-corrected chi connectivity index (χ3v) is 7.62. The number of aryl methyl sites for hydroxylation is 1. The first kappa shape index (κ1) is 17.9. The summed E-state index contributed by atoms with van der Waals surface area (Å²) < 4.78 is 29.5. The van der Waals surface area contributed by atoms with Gasteiger partial charge in [0.15, 0.2) is 9.84 Å². The zero-order valence-electron chi connectivity index (χ0n) is 14.1. The number of hydrogen-bond acceptors (Lipinski definition) is 7. The molecule has 4 rings (SSSR count). The lowest BCUT2D eigenvalue weighted by atomic mass is 10.0. The molecule has 2 aliphatic rings. The van der Waals surface area contributed by atoms with Crippen LogP contribution in [0.15, 0.2) is 33.3 Å². The Kier molecular flexibility index (Phi) is 4.39. The second-order valence-corrected chi connectivity index (χ2v) is 9.55. The Morgan fingerprint density at radius 1 is 1.30 bits per heavy atom. The molecule has 1 atom stereocenters. The lowest BCUT2D eigenvalue weighted by Crippen LogP contribution is -2.52. The van der Waals surface area contributed by atoms with Gasteiger partial charge in [0.25, 0.3) is 5.91 Å². The van der Waals surface area contributed by atoms with Crippen LogP contribution in [-0.2, 0) is 32.4 Å². The van der Waals surface area contributed by atoms with Crippen molar-refractivity contribution in [3.05, 3.63) is 40.0 Å². The number of sulfone groups is 1. The van der Waals surface area contributed by atoms with Crippen molar-refractivity contribution in [3.63, 3.8) is 0 Å². The van der Waals surface area contributed by atoms with Gasteiger partial charge in [-0.25, -0.2) is 8.42 Å². The molecule has 0 aliphatic carbocycles. The summed E-state index contributed by atoms with van der Waals surface area (Å²) in [6.07, 6.45) is 3.29. The fourth-order valence-electron chi connectivity index (χ4n) is 3.39. The number of thiophene rings is 1. The van der Waals surface area contributed by atoms with Gasteiger partial charge in [-0.15, -0.1) is 11.3 Å². The first-order valence-corrected chi connectivity index (χ1v) is 10.9. The number of fused-ring (bicyclic) bond motifs is 1. The molecule has 142 valence electrons. The average molecular weight is 408 g/mol. The molecule has 4 heterocycles. The topological polar surface area (TPSA) is 114 Å². The fraction of sp³-hybridized carbons (Fsp3) is 0.353. The molecule has 1 unspecified atom stereocenters. The van der Waals surface area contributed by atoms with Crippen LogP contribution in [0.3, 0.4) is 0 Å². The van der Waals surface area contributed by atoms with Crippen LogP contribution in [0.4, 0.5) is 0 Å². The van der Waals surface area contributed by atoms with Crippen molar-refractivity contribution in [1.82, 2.24) is 10.2 Å². The van der Waals surface area contributed by atoms with Crippen molar-refractivity contribution in [2.45, 2.75) is 36.7 Å². The number of piperidine rings is 1. The maximum absolute atomic E-state index is 12.7. The Hall–Kier alpha value is -2.46. The molecule has 3 amide bonds. The largest absolute Gasteiger partial charge is 0.471 e. The number of furan rings is 1. The molecule has 0 saturated carbocycles. The molecule has 2 aromatic rings. The molecule has 0 radical (unpaired) electrons. The van der Waals surface area contributed by atoms with E-state index >= 15 is 0 Å². The van der Waals surface area contributed by atoms with E-state index in [1.54, 1.807) is 5.38 Å². The van der Waals surface area contributed by atoms with Crippen molar-refractivity contribution in [3.8, 4) is 0 Å². The number of imide groups is 1. The minimum absolute atomic E-state index is 0.0912. The van der Waals surface area contributed by atoms with E-state index in [2.05, 4.69) is 5.32 Å². The van der Waals surface area contributed by atoms with Gasteiger partial charge < -0.3 is 9.32 Å². The maximum Gasteiger partial charge on any atom is 0.256 e. The first-order valence-electron chi connectivity index (χ1n) is 8.35. The third-order valence-electron chi connectivity index (χ3n) is 4.84. The van der Waals surface area contributed by atoms with Gasteiger partial charge in [-0.05, 0) is 24.5 Å². The smallest absolute Gasteiger partial charge is 0.256 e. The zero-order chi connectivity index (χ0) is 19.2. The molecule has 0 bridgehead atoms. The Labute approximate surface area is 159 Å². The number of hydrogen-bond donors (Lipinski definition) is 1. The van der Waals surface area contributed by atoms with Gasteiger partial charge in [0, 0.05) is 23.2 Å². The number of carbonyl (C=O) groups is 3. The van der Waals surface area contributed by atoms with E-state index in [9.17, 15) is 22.8 Å². The fourth-order valence-corrected chi connectivity index (χ4v) is 5.73. The highest BCUT2D eigenvalue weighted by atomic mass is 32.2. The van der Waals surface area contributed by atoms with Gasteiger partial charge in [0.05, 0.1) is 17.6 Å². The van der Waals surface area contributed by atoms with Crippen molar-refractivity contribution >= 4 is 38.9 Å². The predicted molar refractivity (Wildman–Crippen MR) is 94.8 cm³/mol. The molecule has 2 aliphatic heterocycles. The highest BCUT2D eigenvalue weighted by Crippen LogP contribution is 2.34. The maximum atomic E-state index is 12.7. The van der Waals surface area contributed by atoms with Crippen molar-refractivity contribution in [2.24, 2.45) is 0 Å². The summed E-state index contributed by atoms with van der Waals surface area (Å²) in [5.74, 6) is -1.13. The highest BCUT2D eigenvalue weighted by molar-refractivity contribution is 7.91. The molecule has 1 saturated heterocycles. The Bertz CT molecular complexity index is 1020. The van der Waals surface area contributed by atoms with Crippen molar-refractivity contribution < 1.29 is 27.2 Å². The Morgan fingerprint density at radius 3 is 2.81 bits per heavy atom. The van der Waals surface area contributed by atoms with Crippen LogP contribution >= 0.6 is 11.3 Å². The van der Waals surface area contributed by atoms with Gasteiger partial charge in [-0.1, -0.05) is 0 Å². The summed E-state index contributed by atoms with van der Waals surface area (Å²) in [5, 5.41) is 3.98. The number of rotatable bonds is 5. The molecule has 10 heteroatoms. The van der Waals surface area contributed by atoms with Crippen LogP contribution in [0.2, 0.25) is 0 Å². The van der Waals surface area contributed by atoms with Crippen LogP contribution in [0.5, 0.6) is 0 Å². The first-order chi connectivity index (χ1) is 12.9. The normalized spacial score (nSPS) is 20.1. The van der Waals surface area contributed by atoms with Crippen LogP contribution in [0, 0.1) is 0 Å². The molecular formula is C17H16N2O6S2. The van der Waals surface area contributed by atoms with E-state index in [4.69, 9.17) is 4.42 Å². The lowest BCUT2D eigenvalue weighted by Gasteiger charge is -2.29. The van der Waals surface area contributed by atoms with E-state index in [-0.39, 0.29) is 41.8 Å². The van der Waals surface area contributed by atoms with E-state index in [1.807, 2.05) is 0 Å². The molecular weight excluding hydrogens is 392 g/mol. The molecule has 2 aromatic heterocycles. The molecule has 0 spiro atoms. The number of carbonyl (C=O) groups excluding carboxylic acids is 3. The van der Waals surface area contributed by atoms with Gasteiger partial charge in [-0.3, -0.25) is 19.7 Å². The third kappa shape index (κ3) is 3.19. The van der Waals surface area contributed by atoms with Gasteiger partial charge in [0.1, 0.15) is 17.2 Å². The zero-order valence-corrected chi connectivity index (χ0v) is 15.8. The van der Waals surface area contributed by atoms with Gasteiger partial charge in [-0.2, -0.15) is 0 Å². The minimum atomic E-state index is -3.46. The van der Waals surface area contributed by atoms with Crippen molar-refractivity contribution in [1.29, 1.82) is 0 Å².